The molecule has 0 bridgehead atoms. The first-order valence-corrected chi connectivity index (χ1v) is 6.65. The molecule has 0 aromatic heterocycles. The third kappa shape index (κ3) is 2.03. The van der Waals surface area contributed by atoms with Crippen LogP contribution in [0.5, 0.6) is 0 Å². The molecule has 4 heteroatoms. The molecule has 18 heavy (non-hydrogen) atoms. The fraction of sp³-hybridized carbons (Fsp3) is 0.500. The third-order valence-electron chi connectivity index (χ3n) is 3.73. The van der Waals surface area contributed by atoms with E-state index in [1.54, 1.807) is 0 Å². The van der Waals surface area contributed by atoms with Crippen LogP contribution in [0.2, 0.25) is 0 Å². The minimum Gasteiger partial charge on any atom is -0.382 e. The summed E-state index contributed by atoms with van der Waals surface area (Å²) < 4.78 is 0. The van der Waals surface area contributed by atoms with E-state index in [9.17, 15) is 4.79 Å². The lowest BCUT2D eigenvalue weighted by atomic mass is 10.1. The van der Waals surface area contributed by atoms with Crippen LogP contribution in [-0.4, -0.2) is 37.0 Å². The van der Waals surface area contributed by atoms with Crippen molar-refractivity contribution < 1.29 is 4.79 Å². The van der Waals surface area contributed by atoms with Gasteiger partial charge in [-0.2, -0.15) is 0 Å². The van der Waals surface area contributed by atoms with Gasteiger partial charge < -0.3 is 15.5 Å². The molecule has 0 aliphatic carbocycles. The molecule has 96 valence electrons. The molecule has 2 heterocycles. The number of fused-ring (bicyclic) bond motifs is 1. The van der Waals surface area contributed by atoms with Crippen LogP contribution < -0.4 is 10.6 Å². The van der Waals surface area contributed by atoms with Crippen LogP contribution in [0, 0.1) is 5.92 Å². The van der Waals surface area contributed by atoms with Gasteiger partial charge in [-0.1, -0.05) is 6.92 Å². The summed E-state index contributed by atoms with van der Waals surface area (Å²) in [6.45, 7) is 5.82. The molecular weight excluding hydrogens is 226 g/mol. The van der Waals surface area contributed by atoms with Crippen molar-refractivity contribution in [2.45, 2.75) is 13.3 Å². The average Bonchev–Trinajstić information content (AvgIpc) is 2.84. The summed E-state index contributed by atoms with van der Waals surface area (Å²) in [6.07, 6.45) is 1.12. The molecular formula is C14H19N3O. The number of carbonyl (C=O) groups excluding carboxylic acids is 1. The Morgan fingerprint density at radius 1 is 1.28 bits per heavy atom. The second kappa shape index (κ2) is 4.52. The third-order valence-corrected chi connectivity index (χ3v) is 3.73. The monoisotopic (exact) mass is 245 g/mol. The topological polar surface area (TPSA) is 44.4 Å². The smallest absolute Gasteiger partial charge is 0.253 e. The van der Waals surface area contributed by atoms with Crippen LogP contribution >= 0.6 is 0 Å². The van der Waals surface area contributed by atoms with Crippen LogP contribution in [-0.2, 0) is 0 Å². The maximum Gasteiger partial charge on any atom is 0.253 e. The molecule has 1 aromatic rings. The summed E-state index contributed by atoms with van der Waals surface area (Å²) in [5, 5.41) is 6.64. The predicted octanol–water partition coefficient (Wildman–Crippen LogP) is 2.01. The Morgan fingerprint density at radius 3 is 2.78 bits per heavy atom. The fourth-order valence-corrected chi connectivity index (χ4v) is 2.67. The highest BCUT2D eigenvalue weighted by Gasteiger charge is 2.24. The highest BCUT2D eigenvalue weighted by atomic mass is 16.2. The molecule has 1 aromatic carbocycles. The Kier molecular flexibility index (Phi) is 2.86. The van der Waals surface area contributed by atoms with Crippen molar-refractivity contribution in [1.29, 1.82) is 0 Å². The summed E-state index contributed by atoms with van der Waals surface area (Å²) in [6, 6.07) is 5.88. The SMILES string of the molecule is CC1CCN(C(=O)c2ccc3c(c2)NCCN3)C1. The van der Waals surface area contributed by atoms with Crippen molar-refractivity contribution in [2.75, 3.05) is 36.8 Å². The quantitative estimate of drug-likeness (QED) is 0.795. The molecule has 3 rings (SSSR count). The predicted molar refractivity (Wildman–Crippen MR) is 73.1 cm³/mol. The standard InChI is InChI=1S/C14H19N3O/c1-10-4-7-17(9-10)14(18)11-2-3-12-13(8-11)16-6-5-15-12/h2-3,8,10,15-16H,4-7,9H2,1H3. The van der Waals surface area contributed by atoms with Gasteiger partial charge in [-0.05, 0) is 30.5 Å². The first kappa shape index (κ1) is 11.4. The van der Waals surface area contributed by atoms with Crippen LogP contribution in [0.15, 0.2) is 18.2 Å². The molecule has 2 aliphatic heterocycles. The van der Waals surface area contributed by atoms with E-state index in [4.69, 9.17) is 0 Å². The van der Waals surface area contributed by atoms with Gasteiger partial charge >= 0.3 is 0 Å². The number of carbonyl (C=O) groups is 1. The first-order chi connectivity index (χ1) is 8.74. The number of nitrogens with one attached hydrogen (secondary N) is 2. The lowest BCUT2D eigenvalue weighted by Crippen LogP contribution is -2.29. The van der Waals surface area contributed by atoms with E-state index in [1.807, 2.05) is 23.1 Å². The van der Waals surface area contributed by atoms with E-state index < -0.39 is 0 Å². The van der Waals surface area contributed by atoms with Gasteiger partial charge in [-0.3, -0.25) is 4.79 Å². The Labute approximate surface area is 107 Å². The minimum atomic E-state index is 0.162. The molecule has 1 atom stereocenters. The molecule has 1 saturated heterocycles. The van der Waals surface area contributed by atoms with Gasteiger partial charge in [0, 0.05) is 31.7 Å². The van der Waals surface area contributed by atoms with Crippen LogP contribution in [0.3, 0.4) is 0 Å². The highest BCUT2D eigenvalue weighted by molar-refractivity contribution is 5.96. The summed E-state index contributed by atoms with van der Waals surface area (Å²) >= 11 is 0. The minimum absolute atomic E-state index is 0.162. The second-order valence-electron chi connectivity index (χ2n) is 5.26. The van der Waals surface area contributed by atoms with Gasteiger partial charge in [0.15, 0.2) is 0 Å². The van der Waals surface area contributed by atoms with Gasteiger partial charge in [0.25, 0.3) is 5.91 Å². The number of hydrogen-bond acceptors (Lipinski definition) is 3. The maximum absolute atomic E-state index is 12.4. The average molecular weight is 245 g/mol. The molecule has 1 fully saturated rings. The zero-order chi connectivity index (χ0) is 12.5. The largest absolute Gasteiger partial charge is 0.382 e. The second-order valence-corrected chi connectivity index (χ2v) is 5.26. The lowest BCUT2D eigenvalue weighted by Gasteiger charge is -2.22. The van der Waals surface area contributed by atoms with Crippen LogP contribution in [0.1, 0.15) is 23.7 Å². The summed E-state index contributed by atoms with van der Waals surface area (Å²) in [7, 11) is 0. The summed E-state index contributed by atoms with van der Waals surface area (Å²) in [4.78, 5) is 14.3. The van der Waals surface area contributed by atoms with Crippen molar-refractivity contribution in [1.82, 2.24) is 4.90 Å². The Morgan fingerprint density at radius 2 is 2.06 bits per heavy atom. The molecule has 1 unspecified atom stereocenters. The van der Waals surface area contributed by atoms with Crippen molar-refractivity contribution in [2.24, 2.45) is 5.92 Å². The molecule has 4 nitrogen and oxygen atoms in total. The summed E-state index contributed by atoms with van der Waals surface area (Å²) in [5.41, 5.74) is 2.92. The van der Waals surface area contributed by atoms with E-state index in [-0.39, 0.29) is 5.91 Å². The van der Waals surface area contributed by atoms with Gasteiger partial charge in [0.1, 0.15) is 0 Å². The lowest BCUT2D eigenvalue weighted by molar-refractivity contribution is 0.0788. The Bertz CT molecular complexity index is 472. The normalized spacial score (nSPS) is 22.1. The first-order valence-electron chi connectivity index (χ1n) is 6.65. The van der Waals surface area contributed by atoms with E-state index in [0.717, 1.165) is 49.5 Å². The van der Waals surface area contributed by atoms with Gasteiger partial charge in [-0.15, -0.1) is 0 Å². The Balaban J connectivity index is 1.81. The van der Waals surface area contributed by atoms with Crippen LogP contribution in [0.25, 0.3) is 0 Å². The highest BCUT2D eigenvalue weighted by Crippen LogP contribution is 2.27. The maximum atomic E-state index is 12.4. The number of benzene rings is 1. The number of likely N-dealkylation sites (tertiary alicyclic amines) is 1. The van der Waals surface area contributed by atoms with E-state index >= 15 is 0 Å². The number of rotatable bonds is 1. The molecule has 0 spiro atoms. The van der Waals surface area contributed by atoms with Crippen molar-refractivity contribution in [3.63, 3.8) is 0 Å². The summed E-state index contributed by atoms with van der Waals surface area (Å²) in [5.74, 6) is 0.792. The van der Waals surface area contributed by atoms with Gasteiger partial charge in [-0.25, -0.2) is 0 Å². The van der Waals surface area contributed by atoms with Gasteiger partial charge in [0.05, 0.1) is 11.4 Å². The van der Waals surface area contributed by atoms with Gasteiger partial charge in [0.2, 0.25) is 0 Å². The molecule has 2 N–H and O–H groups in total. The zero-order valence-electron chi connectivity index (χ0n) is 10.7. The number of amides is 1. The fourth-order valence-electron chi connectivity index (χ4n) is 2.67. The van der Waals surface area contributed by atoms with Crippen LogP contribution in [0.4, 0.5) is 11.4 Å². The number of nitrogens with zero attached hydrogens (tertiary/aromatic N) is 1. The zero-order valence-corrected chi connectivity index (χ0v) is 10.7. The van der Waals surface area contributed by atoms with E-state index in [1.165, 1.54) is 0 Å². The number of anilines is 2. The van der Waals surface area contributed by atoms with Crippen molar-refractivity contribution in [3.05, 3.63) is 23.8 Å². The molecule has 2 aliphatic rings. The molecule has 0 saturated carbocycles. The Hall–Kier alpha value is -1.71. The van der Waals surface area contributed by atoms with E-state index in [2.05, 4.69) is 17.6 Å². The van der Waals surface area contributed by atoms with Crippen molar-refractivity contribution in [3.8, 4) is 0 Å². The van der Waals surface area contributed by atoms with Crippen molar-refractivity contribution >= 4 is 17.3 Å². The number of hydrogen-bond donors (Lipinski definition) is 2. The molecule has 1 amide bonds. The molecule has 0 radical (unpaired) electrons. The van der Waals surface area contributed by atoms with E-state index in [0.29, 0.717) is 5.92 Å².